The molecule has 0 saturated heterocycles. The molecule has 86 valence electrons. The Morgan fingerprint density at radius 2 is 2.00 bits per heavy atom. The first kappa shape index (κ1) is 12.2. The first-order valence-corrected chi connectivity index (χ1v) is 5.86. The Kier molecular flexibility index (Phi) is 3.89. The molecule has 0 aromatic heterocycles. The lowest BCUT2D eigenvalue weighted by Crippen LogP contribution is -2.47. The highest BCUT2D eigenvalue weighted by Gasteiger charge is 2.51. The van der Waals surface area contributed by atoms with Gasteiger partial charge >= 0.3 is 5.97 Å². The van der Waals surface area contributed by atoms with E-state index < -0.39 is 11.4 Å². The zero-order chi connectivity index (χ0) is 11.5. The molecule has 0 spiro atoms. The first-order chi connectivity index (χ1) is 7.09. The van der Waals surface area contributed by atoms with E-state index in [0.717, 1.165) is 25.7 Å². The Hall–Kier alpha value is -0.860. The smallest absolute Gasteiger partial charge is 0.317 e. The largest absolute Gasteiger partial charge is 0.480 e. The fraction of sp³-hybridized carbons (Fsp3) is 0.833. The molecule has 0 bridgehead atoms. The van der Waals surface area contributed by atoms with Crippen LogP contribution in [0, 0.1) is 11.3 Å². The lowest BCUT2D eigenvalue weighted by atomic mass is 9.63. The quantitative estimate of drug-likeness (QED) is 0.729. The molecule has 1 fully saturated rings. The van der Waals surface area contributed by atoms with Crippen LogP contribution >= 0.6 is 0 Å². The van der Waals surface area contributed by atoms with Crippen LogP contribution in [0.25, 0.3) is 0 Å². The Bertz CT molecular complexity index is 256. The van der Waals surface area contributed by atoms with Gasteiger partial charge in [-0.3, -0.25) is 9.59 Å². The number of aliphatic carboxylic acids is 1. The topological polar surface area (TPSA) is 54.4 Å². The third-order valence-electron chi connectivity index (χ3n) is 3.79. The second-order valence-electron chi connectivity index (χ2n) is 4.42. The van der Waals surface area contributed by atoms with E-state index in [4.69, 9.17) is 0 Å². The summed E-state index contributed by atoms with van der Waals surface area (Å²) in [6.07, 6.45) is 4.25. The molecule has 0 radical (unpaired) electrons. The predicted molar refractivity (Wildman–Crippen MR) is 57.6 cm³/mol. The van der Waals surface area contributed by atoms with E-state index in [9.17, 15) is 14.7 Å². The Morgan fingerprint density at radius 1 is 1.40 bits per heavy atom. The highest BCUT2D eigenvalue weighted by atomic mass is 16.4. The fourth-order valence-electron chi connectivity index (χ4n) is 2.87. The first-order valence-electron chi connectivity index (χ1n) is 5.86. The molecule has 1 N–H and O–H groups in total. The second-order valence-corrected chi connectivity index (χ2v) is 4.42. The summed E-state index contributed by atoms with van der Waals surface area (Å²) in [5.41, 5.74) is -1.07. The summed E-state index contributed by atoms with van der Waals surface area (Å²) in [6, 6.07) is 0. The van der Waals surface area contributed by atoms with E-state index in [-0.39, 0.29) is 11.7 Å². The number of hydrogen-bond donors (Lipinski definition) is 1. The Labute approximate surface area is 90.9 Å². The number of Topliss-reactive ketones (excluding diaryl/α,β-unsaturated/α-hetero) is 1. The van der Waals surface area contributed by atoms with Gasteiger partial charge in [-0.2, -0.15) is 0 Å². The molecule has 1 unspecified atom stereocenters. The molecule has 0 amide bonds. The van der Waals surface area contributed by atoms with Gasteiger partial charge in [0.15, 0.2) is 0 Å². The van der Waals surface area contributed by atoms with E-state index >= 15 is 0 Å². The van der Waals surface area contributed by atoms with Crippen LogP contribution in [0.15, 0.2) is 0 Å². The molecule has 0 heterocycles. The summed E-state index contributed by atoms with van der Waals surface area (Å²) in [5.74, 6) is -0.946. The van der Waals surface area contributed by atoms with Gasteiger partial charge in [0.1, 0.15) is 11.2 Å². The highest BCUT2D eigenvalue weighted by Crippen LogP contribution is 2.43. The molecule has 1 rings (SSSR count). The molecule has 3 nitrogen and oxygen atoms in total. The summed E-state index contributed by atoms with van der Waals surface area (Å²) >= 11 is 0. The number of ketones is 1. The van der Waals surface area contributed by atoms with Crippen molar-refractivity contribution >= 4 is 11.8 Å². The van der Waals surface area contributed by atoms with Gasteiger partial charge in [-0.05, 0) is 18.8 Å². The van der Waals surface area contributed by atoms with Crippen molar-refractivity contribution in [3.63, 3.8) is 0 Å². The molecule has 1 aliphatic rings. The number of carboxylic acids is 1. The average Bonchev–Trinajstić information content (AvgIpc) is 2.22. The van der Waals surface area contributed by atoms with Crippen LogP contribution in [0.4, 0.5) is 0 Å². The molecule has 1 saturated carbocycles. The van der Waals surface area contributed by atoms with Crippen LogP contribution in [-0.4, -0.2) is 16.9 Å². The summed E-state index contributed by atoms with van der Waals surface area (Å²) in [7, 11) is 0. The Morgan fingerprint density at radius 3 is 2.40 bits per heavy atom. The van der Waals surface area contributed by atoms with Crippen molar-refractivity contribution in [1.29, 1.82) is 0 Å². The van der Waals surface area contributed by atoms with Crippen LogP contribution in [0.3, 0.4) is 0 Å². The van der Waals surface area contributed by atoms with Crippen LogP contribution in [0.5, 0.6) is 0 Å². The van der Waals surface area contributed by atoms with Crippen molar-refractivity contribution in [2.75, 3.05) is 0 Å². The summed E-state index contributed by atoms with van der Waals surface area (Å²) in [5, 5.41) is 9.37. The summed E-state index contributed by atoms with van der Waals surface area (Å²) < 4.78 is 0. The zero-order valence-electron chi connectivity index (χ0n) is 9.58. The number of carboxylic acid groups (broad SMARTS) is 1. The number of carbonyl (C=O) groups is 2. The van der Waals surface area contributed by atoms with Gasteiger partial charge in [0.2, 0.25) is 0 Å². The molecule has 0 aliphatic heterocycles. The molecule has 1 aliphatic carbocycles. The number of carbonyl (C=O) groups excluding carboxylic acids is 1. The van der Waals surface area contributed by atoms with Gasteiger partial charge in [0, 0.05) is 6.42 Å². The van der Waals surface area contributed by atoms with Crippen molar-refractivity contribution in [3.8, 4) is 0 Å². The lowest BCUT2D eigenvalue weighted by molar-refractivity contribution is -0.162. The van der Waals surface area contributed by atoms with E-state index in [2.05, 4.69) is 0 Å². The molecular weight excluding hydrogens is 192 g/mol. The van der Waals surface area contributed by atoms with Crippen LogP contribution in [-0.2, 0) is 9.59 Å². The molecule has 0 aromatic carbocycles. The van der Waals surface area contributed by atoms with Crippen molar-refractivity contribution in [1.82, 2.24) is 0 Å². The van der Waals surface area contributed by atoms with Crippen molar-refractivity contribution in [2.45, 2.75) is 52.4 Å². The molecule has 3 heteroatoms. The summed E-state index contributed by atoms with van der Waals surface area (Å²) in [4.78, 5) is 23.4. The molecular formula is C12H20O3. The van der Waals surface area contributed by atoms with Gasteiger partial charge in [-0.1, -0.05) is 33.1 Å². The van der Waals surface area contributed by atoms with Gasteiger partial charge < -0.3 is 5.11 Å². The van der Waals surface area contributed by atoms with Crippen molar-refractivity contribution < 1.29 is 14.7 Å². The maximum atomic E-state index is 11.9. The highest BCUT2D eigenvalue weighted by molar-refractivity contribution is 6.03. The summed E-state index contributed by atoms with van der Waals surface area (Å²) in [6.45, 7) is 3.95. The molecule has 0 aromatic rings. The Balaban J connectivity index is 3.05. The third kappa shape index (κ3) is 1.92. The van der Waals surface area contributed by atoms with E-state index in [1.54, 1.807) is 0 Å². The minimum Gasteiger partial charge on any atom is -0.480 e. The van der Waals surface area contributed by atoms with Gasteiger partial charge in [0.05, 0.1) is 0 Å². The predicted octanol–water partition coefficient (Wildman–Crippen LogP) is 2.64. The molecule has 15 heavy (non-hydrogen) atoms. The maximum Gasteiger partial charge on any atom is 0.317 e. The normalized spacial score (nSPS) is 27.0. The third-order valence-corrected chi connectivity index (χ3v) is 3.79. The number of rotatable bonds is 4. The average molecular weight is 212 g/mol. The monoisotopic (exact) mass is 212 g/mol. The standard InChI is InChI=1S/C12H20O3/c1-3-9(4-2)12(11(14)15)8-6-5-7-10(12)13/h9H,3-8H2,1-2H3,(H,14,15). The van der Waals surface area contributed by atoms with Crippen LogP contribution < -0.4 is 0 Å². The lowest BCUT2D eigenvalue weighted by Gasteiger charge is -2.37. The van der Waals surface area contributed by atoms with Crippen molar-refractivity contribution in [2.24, 2.45) is 11.3 Å². The minimum atomic E-state index is -1.07. The van der Waals surface area contributed by atoms with E-state index in [0.29, 0.717) is 12.8 Å². The number of hydrogen-bond acceptors (Lipinski definition) is 2. The van der Waals surface area contributed by atoms with E-state index in [1.807, 2.05) is 13.8 Å². The minimum absolute atomic E-state index is 0.00259. The van der Waals surface area contributed by atoms with Crippen LogP contribution in [0.2, 0.25) is 0 Å². The SMILES string of the molecule is CCC(CC)C1(C(=O)O)CCCCC1=O. The van der Waals surface area contributed by atoms with Gasteiger partial charge in [-0.15, -0.1) is 0 Å². The van der Waals surface area contributed by atoms with Gasteiger partial charge in [0.25, 0.3) is 0 Å². The molecule has 1 atom stereocenters. The fourth-order valence-corrected chi connectivity index (χ4v) is 2.87. The zero-order valence-corrected chi connectivity index (χ0v) is 9.58. The van der Waals surface area contributed by atoms with E-state index in [1.165, 1.54) is 0 Å². The van der Waals surface area contributed by atoms with Crippen LogP contribution in [0.1, 0.15) is 52.4 Å². The maximum absolute atomic E-state index is 11.9. The second kappa shape index (κ2) is 4.77. The van der Waals surface area contributed by atoms with Crippen molar-refractivity contribution in [3.05, 3.63) is 0 Å². The van der Waals surface area contributed by atoms with Gasteiger partial charge in [-0.25, -0.2) is 0 Å².